The highest BCUT2D eigenvalue weighted by atomic mass is 32.1. The van der Waals surface area contributed by atoms with Crippen LogP contribution in [0.15, 0.2) is 24.3 Å². The molecule has 1 aliphatic rings. The van der Waals surface area contributed by atoms with Crippen molar-refractivity contribution < 1.29 is 5.11 Å². The second-order valence-corrected chi connectivity index (χ2v) is 7.97. The van der Waals surface area contributed by atoms with Gasteiger partial charge in [-0.1, -0.05) is 32.0 Å². The van der Waals surface area contributed by atoms with E-state index in [0.717, 1.165) is 29.8 Å². The van der Waals surface area contributed by atoms with Gasteiger partial charge in [-0.15, -0.1) is 11.3 Å². The van der Waals surface area contributed by atoms with E-state index in [2.05, 4.69) is 45.0 Å². The van der Waals surface area contributed by atoms with Crippen molar-refractivity contribution in [3.05, 3.63) is 41.2 Å². The summed E-state index contributed by atoms with van der Waals surface area (Å²) in [7, 11) is 0. The summed E-state index contributed by atoms with van der Waals surface area (Å²) < 4.78 is 2.51. The molecule has 108 valence electrons. The number of aliphatic hydroxyl groups is 1. The summed E-state index contributed by atoms with van der Waals surface area (Å²) in [6.45, 7) is 6.52. The highest BCUT2D eigenvalue weighted by Gasteiger charge is 2.34. The zero-order chi connectivity index (χ0) is 14.8. The predicted octanol–water partition coefficient (Wildman–Crippen LogP) is 4.76. The number of aliphatic hydroxyl groups excluding tert-OH is 1. The molecular weight excluding hydrogens is 278 g/mol. The first-order valence-corrected chi connectivity index (χ1v) is 8.27. The highest BCUT2D eigenvalue weighted by Crippen LogP contribution is 2.47. The number of thiophene rings is 1. The summed E-state index contributed by atoms with van der Waals surface area (Å²) in [5.41, 5.74) is 3.38. The van der Waals surface area contributed by atoms with E-state index in [0.29, 0.717) is 0 Å². The van der Waals surface area contributed by atoms with Gasteiger partial charge in [0.15, 0.2) is 0 Å². The van der Waals surface area contributed by atoms with E-state index in [9.17, 15) is 5.11 Å². The number of hydrogen-bond acceptors (Lipinski definition) is 3. The van der Waals surface area contributed by atoms with Gasteiger partial charge in [-0.2, -0.15) is 0 Å². The Kier molecular flexibility index (Phi) is 2.69. The first-order chi connectivity index (χ1) is 9.96. The van der Waals surface area contributed by atoms with Gasteiger partial charge in [-0.3, -0.25) is 4.98 Å². The molecule has 1 aliphatic carbocycles. The van der Waals surface area contributed by atoms with Gasteiger partial charge < -0.3 is 5.11 Å². The van der Waals surface area contributed by atoms with Crippen molar-refractivity contribution in [2.75, 3.05) is 0 Å². The van der Waals surface area contributed by atoms with Gasteiger partial charge in [0.2, 0.25) is 0 Å². The van der Waals surface area contributed by atoms with Gasteiger partial charge in [-0.05, 0) is 31.2 Å². The summed E-state index contributed by atoms with van der Waals surface area (Å²) in [6, 6.07) is 8.48. The number of nitrogens with zero attached hydrogens (tertiary/aromatic N) is 1. The number of pyridine rings is 1. The van der Waals surface area contributed by atoms with Crippen LogP contribution in [0.3, 0.4) is 0 Å². The lowest BCUT2D eigenvalue weighted by Gasteiger charge is -2.34. The normalized spacial score (nSPS) is 20.9. The van der Waals surface area contributed by atoms with Crippen LogP contribution in [-0.4, -0.2) is 10.1 Å². The third-order valence-electron chi connectivity index (χ3n) is 4.53. The molecule has 3 aromatic rings. The molecule has 4 rings (SSSR count). The molecule has 0 saturated carbocycles. The predicted molar refractivity (Wildman–Crippen MR) is 88.9 cm³/mol. The maximum Gasteiger partial charge on any atom is 0.0819 e. The van der Waals surface area contributed by atoms with Crippen LogP contribution in [0, 0.1) is 12.3 Å². The number of aryl methyl sites for hydroxylation is 1. The van der Waals surface area contributed by atoms with Crippen molar-refractivity contribution in [2.45, 2.75) is 39.7 Å². The Balaban J connectivity index is 2.15. The van der Waals surface area contributed by atoms with Crippen molar-refractivity contribution in [3.63, 3.8) is 0 Å². The molecule has 1 aromatic carbocycles. The van der Waals surface area contributed by atoms with Crippen LogP contribution in [0.1, 0.15) is 43.3 Å². The van der Waals surface area contributed by atoms with Gasteiger partial charge in [-0.25, -0.2) is 0 Å². The molecule has 0 amide bonds. The van der Waals surface area contributed by atoms with Gasteiger partial charge in [0.05, 0.1) is 16.5 Å². The minimum absolute atomic E-state index is 0.116. The molecule has 3 heteroatoms. The van der Waals surface area contributed by atoms with E-state index < -0.39 is 6.10 Å². The lowest BCUT2D eigenvalue weighted by Crippen LogP contribution is -2.27. The van der Waals surface area contributed by atoms with Gasteiger partial charge in [0, 0.05) is 26.7 Å². The molecule has 0 bridgehead atoms. The monoisotopic (exact) mass is 297 g/mol. The Labute approximate surface area is 128 Å². The second kappa shape index (κ2) is 4.28. The number of benzene rings is 1. The van der Waals surface area contributed by atoms with E-state index in [1.807, 2.05) is 0 Å². The molecule has 1 N–H and O–H groups in total. The quantitative estimate of drug-likeness (QED) is 0.648. The van der Waals surface area contributed by atoms with E-state index in [1.165, 1.54) is 20.2 Å². The van der Waals surface area contributed by atoms with Crippen molar-refractivity contribution in [1.29, 1.82) is 0 Å². The fraction of sp³-hybridized carbons (Fsp3) is 0.389. The average molecular weight is 297 g/mol. The van der Waals surface area contributed by atoms with Crippen LogP contribution < -0.4 is 0 Å². The lowest BCUT2D eigenvalue weighted by atomic mass is 9.74. The zero-order valence-corrected chi connectivity index (χ0v) is 13.4. The third-order valence-corrected chi connectivity index (χ3v) is 5.81. The van der Waals surface area contributed by atoms with Crippen LogP contribution in [-0.2, 0) is 6.42 Å². The lowest BCUT2D eigenvalue weighted by molar-refractivity contribution is 0.0997. The molecule has 0 spiro atoms. The molecule has 2 nitrogen and oxygen atoms in total. The minimum Gasteiger partial charge on any atom is -0.388 e. The number of fused-ring (bicyclic) bond motifs is 5. The van der Waals surface area contributed by atoms with Gasteiger partial charge in [0.25, 0.3) is 0 Å². The van der Waals surface area contributed by atoms with Crippen molar-refractivity contribution >= 4 is 31.5 Å². The minimum atomic E-state index is -0.405. The Morgan fingerprint density at radius 2 is 2.05 bits per heavy atom. The summed E-state index contributed by atoms with van der Waals surface area (Å²) >= 11 is 1.79. The van der Waals surface area contributed by atoms with E-state index in [4.69, 9.17) is 4.98 Å². The summed E-state index contributed by atoms with van der Waals surface area (Å²) in [6.07, 6.45) is 1.35. The molecule has 2 aromatic heterocycles. The average Bonchev–Trinajstić information content (AvgIpc) is 2.77. The zero-order valence-electron chi connectivity index (χ0n) is 12.6. The Hall–Kier alpha value is -1.45. The molecular formula is C18H19NOS. The maximum absolute atomic E-state index is 10.7. The Morgan fingerprint density at radius 3 is 2.86 bits per heavy atom. The van der Waals surface area contributed by atoms with Crippen molar-refractivity contribution in [3.8, 4) is 0 Å². The summed E-state index contributed by atoms with van der Waals surface area (Å²) in [5, 5.41) is 13.2. The van der Waals surface area contributed by atoms with E-state index >= 15 is 0 Å². The first-order valence-electron chi connectivity index (χ1n) is 7.45. The SMILES string of the molecule is Cc1nc2c(c3c1sc1ccccc13)[C@@H](O)CC(C)(C)C2. The molecule has 0 saturated heterocycles. The Morgan fingerprint density at radius 1 is 1.29 bits per heavy atom. The maximum atomic E-state index is 10.7. The third kappa shape index (κ3) is 1.91. The molecule has 0 radical (unpaired) electrons. The number of aromatic nitrogens is 1. The first kappa shape index (κ1) is 13.2. The topological polar surface area (TPSA) is 33.1 Å². The van der Waals surface area contributed by atoms with Crippen LogP contribution in [0.4, 0.5) is 0 Å². The fourth-order valence-electron chi connectivity index (χ4n) is 3.67. The van der Waals surface area contributed by atoms with E-state index in [-0.39, 0.29) is 5.41 Å². The standard InChI is InChI=1S/C18H19NOS/c1-10-17-15(11-6-4-5-7-14(11)21-17)16-12(19-10)8-18(2,3)9-13(16)20/h4-7,13,20H,8-9H2,1-3H3/t13-/m0/s1. The number of rotatable bonds is 0. The van der Waals surface area contributed by atoms with Crippen molar-refractivity contribution in [1.82, 2.24) is 4.98 Å². The molecule has 2 heterocycles. The van der Waals surface area contributed by atoms with E-state index in [1.54, 1.807) is 11.3 Å². The molecule has 0 unspecified atom stereocenters. The van der Waals surface area contributed by atoms with Gasteiger partial charge in [0.1, 0.15) is 0 Å². The summed E-state index contributed by atoms with van der Waals surface area (Å²) in [5.74, 6) is 0. The largest absolute Gasteiger partial charge is 0.388 e. The van der Waals surface area contributed by atoms with Gasteiger partial charge >= 0.3 is 0 Å². The molecule has 0 aliphatic heterocycles. The molecule has 21 heavy (non-hydrogen) atoms. The van der Waals surface area contributed by atoms with Crippen LogP contribution in [0.5, 0.6) is 0 Å². The van der Waals surface area contributed by atoms with Crippen LogP contribution in [0.2, 0.25) is 0 Å². The van der Waals surface area contributed by atoms with Crippen LogP contribution >= 0.6 is 11.3 Å². The smallest absolute Gasteiger partial charge is 0.0819 e. The molecule has 0 fully saturated rings. The summed E-state index contributed by atoms with van der Waals surface area (Å²) in [4.78, 5) is 4.83. The number of hydrogen-bond donors (Lipinski definition) is 1. The molecule has 1 atom stereocenters. The second-order valence-electron chi connectivity index (χ2n) is 6.92. The Bertz CT molecular complexity index is 862. The van der Waals surface area contributed by atoms with Crippen LogP contribution in [0.25, 0.3) is 20.2 Å². The fourth-order valence-corrected chi connectivity index (χ4v) is 4.83. The highest BCUT2D eigenvalue weighted by molar-refractivity contribution is 7.26. The van der Waals surface area contributed by atoms with Crippen molar-refractivity contribution in [2.24, 2.45) is 5.41 Å².